The lowest BCUT2D eigenvalue weighted by molar-refractivity contribution is -0.141. The van der Waals surface area contributed by atoms with Crippen LogP contribution < -0.4 is 5.43 Å². The van der Waals surface area contributed by atoms with Gasteiger partial charge in [-0.25, -0.2) is 4.68 Å². The Kier molecular flexibility index (Phi) is 2.04. The summed E-state index contributed by atoms with van der Waals surface area (Å²) in [7, 11) is 0. The van der Waals surface area contributed by atoms with Gasteiger partial charge < -0.3 is 0 Å². The Hall–Kier alpha value is -1.79. The zero-order valence-corrected chi connectivity index (χ0v) is 8.65. The molecule has 89 valence electrons. The number of allylic oxidation sites excluding steroid dienone is 1. The molecule has 2 aliphatic rings. The van der Waals surface area contributed by atoms with Crippen molar-refractivity contribution in [1.29, 1.82) is 0 Å². The summed E-state index contributed by atoms with van der Waals surface area (Å²) in [6.45, 7) is 0. The van der Waals surface area contributed by atoms with Gasteiger partial charge in [0.2, 0.25) is 0 Å². The highest BCUT2D eigenvalue weighted by atomic mass is 19.4. The Labute approximate surface area is 94.8 Å². The van der Waals surface area contributed by atoms with Crippen molar-refractivity contribution >= 4 is 11.4 Å². The van der Waals surface area contributed by atoms with E-state index in [1.54, 1.807) is 0 Å². The van der Waals surface area contributed by atoms with Crippen molar-refractivity contribution in [3.63, 3.8) is 0 Å². The number of halogens is 3. The van der Waals surface area contributed by atoms with E-state index in [-0.39, 0.29) is 0 Å². The van der Waals surface area contributed by atoms with Crippen LogP contribution in [0.5, 0.6) is 0 Å². The second-order valence-electron chi connectivity index (χ2n) is 4.03. The molecule has 1 aliphatic carbocycles. The number of alkyl halides is 3. The smallest absolute Gasteiger partial charge is 0.237 e. The molecule has 0 bridgehead atoms. The maximum absolute atomic E-state index is 12.4. The minimum atomic E-state index is -4.42. The Bertz CT molecular complexity index is 508. The predicted molar refractivity (Wildman–Crippen MR) is 53.8 cm³/mol. The molecule has 1 aromatic rings. The summed E-state index contributed by atoms with van der Waals surface area (Å²) in [5.41, 5.74) is 4.12. The lowest BCUT2D eigenvalue weighted by Gasteiger charge is -2.04. The van der Waals surface area contributed by atoms with Crippen LogP contribution in [0.15, 0.2) is 23.6 Å². The molecule has 2 heterocycles. The second kappa shape index (κ2) is 3.35. The molecule has 1 fully saturated rings. The summed E-state index contributed by atoms with van der Waals surface area (Å²) >= 11 is 0. The largest absolute Gasteiger partial charge is 0.435 e. The van der Waals surface area contributed by atoms with Crippen molar-refractivity contribution in [2.24, 2.45) is 11.0 Å². The van der Waals surface area contributed by atoms with Crippen LogP contribution in [0, 0.1) is 5.92 Å². The van der Waals surface area contributed by atoms with Crippen LogP contribution in [0.2, 0.25) is 0 Å². The third-order valence-corrected chi connectivity index (χ3v) is 2.70. The van der Waals surface area contributed by atoms with Crippen LogP contribution >= 0.6 is 0 Å². The number of nitrogens with zero attached hydrogens (tertiary/aromatic N) is 4. The predicted octanol–water partition coefficient (Wildman–Crippen LogP) is 2.08. The number of aromatic nitrogens is 2. The van der Waals surface area contributed by atoms with Gasteiger partial charge in [0.1, 0.15) is 5.70 Å². The fourth-order valence-electron chi connectivity index (χ4n) is 1.70. The van der Waals surface area contributed by atoms with Crippen LogP contribution in [0.3, 0.4) is 0 Å². The highest BCUT2D eigenvalue weighted by Crippen LogP contribution is 2.36. The topological polar surface area (TPSA) is 44.3 Å². The van der Waals surface area contributed by atoms with Gasteiger partial charge in [0, 0.05) is 12.1 Å². The maximum Gasteiger partial charge on any atom is 0.435 e. The number of hydrogen-bond donors (Lipinski definition) is 0. The Balaban J connectivity index is 1.90. The van der Waals surface area contributed by atoms with E-state index >= 15 is 0 Å². The monoisotopic (exact) mass is 241 g/mol. The molecule has 0 spiro atoms. The molecule has 1 aromatic heterocycles. The molecule has 0 aromatic carbocycles. The van der Waals surface area contributed by atoms with Crippen LogP contribution in [0.1, 0.15) is 18.5 Å². The molecule has 1 aliphatic heterocycles. The zero-order valence-electron chi connectivity index (χ0n) is 8.65. The summed E-state index contributed by atoms with van der Waals surface area (Å²) in [6.07, 6.45) is 0.338. The average Bonchev–Trinajstić information content (AvgIpc) is 2.82. The van der Waals surface area contributed by atoms with Crippen molar-refractivity contribution < 1.29 is 13.2 Å². The van der Waals surface area contributed by atoms with Gasteiger partial charge in [0.25, 0.3) is 0 Å². The molecular weight excluding hydrogens is 233 g/mol. The van der Waals surface area contributed by atoms with Crippen molar-refractivity contribution in [2.75, 3.05) is 0 Å². The molecule has 0 unspecified atom stereocenters. The summed E-state index contributed by atoms with van der Waals surface area (Å²) < 4.78 is 38.4. The van der Waals surface area contributed by atoms with E-state index < -0.39 is 11.9 Å². The van der Waals surface area contributed by atoms with E-state index in [2.05, 4.69) is 15.6 Å². The Morgan fingerprint density at radius 3 is 2.65 bits per heavy atom. The Morgan fingerprint density at radius 1 is 1.29 bits per heavy atom. The fraction of sp³-hybridized carbons (Fsp3) is 0.400. The molecule has 3 rings (SSSR count). The van der Waals surface area contributed by atoms with E-state index in [9.17, 15) is 13.2 Å². The first kappa shape index (κ1) is 10.4. The third-order valence-electron chi connectivity index (χ3n) is 2.70. The minimum absolute atomic E-state index is 0.325. The average molecular weight is 241 g/mol. The highest BCUT2D eigenvalue weighted by molar-refractivity contribution is 6.21. The third kappa shape index (κ3) is 1.81. The van der Waals surface area contributed by atoms with Crippen molar-refractivity contribution in [3.8, 4) is 0 Å². The molecule has 1 radical (unpaired) electrons. The molecule has 1 saturated carbocycles. The SMILES string of the molecule is FC(F)(F)c1ccn(C2=C[N]N=C2C2CC2)n1. The van der Waals surface area contributed by atoms with Gasteiger partial charge in [-0.3, -0.25) is 0 Å². The van der Waals surface area contributed by atoms with Gasteiger partial charge in [-0.15, -0.1) is 0 Å². The maximum atomic E-state index is 12.4. The first-order valence-electron chi connectivity index (χ1n) is 5.17. The van der Waals surface area contributed by atoms with Gasteiger partial charge in [0.15, 0.2) is 5.69 Å². The van der Waals surface area contributed by atoms with E-state index in [1.165, 1.54) is 17.1 Å². The van der Waals surface area contributed by atoms with Crippen molar-refractivity contribution in [2.45, 2.75) is 19.0 Å². The van der Waals surface area contributed by atoms with E-state index in [1.807, 2.05) is 0 Å². The van der Waals surface area contributed by atoms with Crippen LogP contribution in [-0.4, -0.2) is 15.5 Å². The summed E-state index contributed by atoms with van der Waals surface area (Å²) in [5, 5.41) is 7.44. The van der Waals surface area contributed by atoms with Crippen molar-refractivity contribution in [3.05, 3.63) is 24.2 Å². The summed E-state index contributed by atoms with van der Waals surface area (Å²) in [5.74, 6) is 0.325. The zero-order chi connectivity index (χ0) is 12.0. The van der Waals surface area contributed by atoms with E-state index in [0.717, 1.165) is 24.6 Å². The van der Waals surface area contributed by atoms with Crippen LogP contribution in [0.4, 0.5) is 13.2 Å². The number of rotatable bonds is 2. The van der Waals surface area contributed by atoms with Crippen LogP contribution in [-0.2, 0) is 6.18 Å². The second-order valence-corrected chi connectivity index (χ2v) is 4.03. The quantitative estimate of drug-likeness (QED) is 0.781. The fourth-order valence-corrected chi connectivity index (χ4v) is 1.70. The first-order valence-corrected chi connectivity index (χ1v) is 5.17. The molecule has 4 nitrogen and oxygen atoms in total. The minimum Gasteiger partial charge on any atom is -0.237 e. The van der Waals surface area contributed by atoms with E-state index in [0.29, 0.717) is 11.6 Å². The van der Waals surface area contributed by atoms with Gasteiger partial charge in [-0.05, 0) is 18.9 Å². The molecule has 0 amide bonds. The van der Waals surface area contributed by atoms with E-state index in [4.69, 9.17) is 0 Å². The number of hydrogen-bond acceptors (Lipinski definition) is 2. The molecule has 0 saturated heterocycles. The van der Waals surface area contributed by atoms with Gasteiger partial charge in [0.05, 0.1) is 11.9 Å². The lowest BCUT2D eigenvalue weighted by Crippen LogP contribution is -2.11. The molecule has 0 N–H and O–H groups in total. The normalized spacial score (nSPS) is 19.9. The summed E-state index contributed by atoms with van der Waals surface area (Å²) in [4.78, 5) is 0. The van der Waals surface area contributed by atoms with Crippen LogP contribution in [0.25, 0.3) is 5.70 Å². The van der Waals surface area contributed by atoms with Crippen molar-refractivity contribution in [1.82, 2.24) is 15.2 Å². The van der Waals surface area contributed by atoms with Gasteiger partial charge in [-0.1, -0.05) is 0 Å². The highest BCUT2D eigenvalue weighted by Gasteiger charge is 2.36. The lowest BCUT2D eigenvalue weighted by atomic mass is 10.2. The first-order chi connectivity index (χ1) is 8.05. The van der Waals surface area contributed by atoms with Gasteiger partial charge in [-0.2, -0.15) is 28.8 Å². The molecular formula is C10H8F3N4. The summed E-state index contributed by atoms with van der Waals surface area (Å²) in [6, 6.07) is 0.948. The van der Waals surface area contributed by atoms with Gasteiger partial charge >= 0.3 is 6.18 Å². The Morgan fingerprint density at radius 2 is 2.06 bits per heavy atom. The molecule has 7 heteroatoms. The standard InChI is InChI=1S/C10H8F3N4/c11-10(12,13)8-3-4-17(16-8)7-5-14-15-9(7)6-1-2-6/h3-6H,1-2H2. The molecule has 0 atom stereocenters. The molecule has 17 heavy (non-hydrogen) atoms.